The van der Waals surface area contributed by atoms with Gasteiger partial charge < -0.3 is 30.3 Å². The fraction of sp³-hybridized carbons (Fsp3) is 0.429. The Morgan fingerprint density at radius 2 is 1.98 bits per heavy atom. The standard InChI is InChI=1S/C35H40F3N3O4/c1-3-29(28-7-4-6-23-18-26(44-2)14-15-27(23)28)41-34(43)24-11-16-30-32(19-24)39-31(8-5-17-35(37,38)20-45-21-42)33(40-30)22-9-12-25(36)13-10-22/h9-15,18-19,24,28,34,39-40,42-43H,3-8,17,20-21H2,1-2H3. The fourth-order valence-electron chi connectivity index (χ4n) is 6.18. The molecule has 10 heteroatoms. The first-order valence-electron chi connectivity index (χ1n) is 15.4. The van der Waals surface area contributed by atoms with E-state index in [0.29, 0.717) is 34.8 Å². The van der Waals surface area contributed by atoms with Gasteiger partial charge in [0.1, 0.15) is 30.7 Å². The van der Waals surface area contributed by atoms with E-state index in [0.717, 1.165) is 30.7 Å². The molecule has 3 atom stereocenters. The quantitative estimate of drug-likeness (QED) is 0.119. The van der Waals surface area contributed by atoms with E-state index in [9.17, 15) is 18.3 Å². The number of benzene rings is 2. The second kappa shape index (κ2) is 14.5. The first kappa shape index (κ1) is 32.6. The molecule has 0 radical (unpaired) electrons. The van der Waals surface area contributed by atoms with Crippen molar-refractivity contribution in [3.05, 3.63) is 99.9 Å². The highest BCUT2D eigenvalue weighted by Gasteiger charge is 2.31. The number of halogens is 3. The number of aryl methyl sites for hydroxylation is 1. The van der Waals surface area contributed by atoms with E-state index in [2.05, 4.69) is 40.2 Å². The number of methoxy groups -OCH3 is 1. The SMILES string of the molecule is CCC(=NC(O)C1C=C=C2NC(c3ccc(F)cc3)=C(CCCC(F)(F)COCO)NC2=C1)C1CCCc2cc(OC)ccc21. The molecular formula is C35H40F3N3O4. The van der Waals surface area contributed by atoms with Crippen molar-refractivity contribution in [1.29, 1.82) is 0 Å². The molecule has 2 aromatic rings. The molecule has 0 aromatic heterocycles. The third-order valence-corrected chi connectivity index (χ3v) is 8.46. The molecule has 5 rings (SSSR count). The van der Waals surface area contributed by atoms with Gasteiger partial charge in [0, 0.05) is 23.7 Å². The van der Waals surface area contributed by atoms with Gasteiger partial charge >= 0.3 is 0 Å². The minimum absolute atomic E-state index is 0.119. The van der Waals surface area contributed by atoms with E-state index in [4.69, 9.17) is 14.8 Å². The molecule has 0 fully saturated rings. The summed E-state index contributed by atoms with van der Waals surface area (Å²) in [5.41, 5.74) is 9.89. The predicted octanol–water partition coefficient (Wildman–Crippen LogP) is 6.31. The maximum Gasteiger partial charge on any atom is 0.271 e. The second-order valence-corrected chi connectivity index (χ2v) is 11.5. The van der Waals surface area contributed by atoms with Crippen LogP contribution < -0.4 is 15.4 Å². The Hall–Kier alpha value is -3.82. The summed E-state index contributed by atoms with van der Waals surface area (Å²) in [5.74, 6) is -2.99. The second-order valence-electron chi connectivity index (χ2n) is 11.5. The number of aliphatic hydroxyl groups is 2. The van der Waals surface area contributed by atoms with Crippen LogP contribution in [-0.2, 0) is 11.2 Å². The molecule has 0 spiro atoms. The highest BCUT2D eigenvalue weighted by molar-refractivity contribution is 5.91. The van der Waals surface area contributed by atoms with Crippen molar-refractivity contribution in [1.82, 2.24) is 10.6 Å². The maximum atomic E-state index is 14.2. The summed E-state index contributed by atoms with van der Waals surface area (Å²) >= 11 is 0. The van der Waals surface area contributed by atoms with Crippen molar-refractivity contribution < 1.29 is 32.9 Å². The molecule has 1 aliphatic heterocycles. The van der Waals surface area contributed by atoms with E-state index in [1.807, 2.05) is 12.1 Å². The number of aliphatic hydroxyl groups excluding tert-OH is 2. The largest absolute Gasteiger partial charge is 0.497 e. The lowest BCUT2D eigenvalue weighted by Crippen LogP contribution is -2.34. The summed E-state index contributed by atoms with van der Waals surface area (Å²) in [7, 11) is 1.66. The highest BCUT2D eigenvalue weighted by Crippen LogP contribution is 2.37. The van der Waals surface area contributed by atoms with Crippen LogP contribution in [0, 0.1) is 11.7 Å². The minimum Gasteiger partial charge on any atom is -0.497 e. The predicted molar refractivity (Wildman–Crippen MR) is 167 cm³/mol. The maximum absolute atomic E-state index is 14.2. The van der Waals surface area contributed by atoms with Gasteiger partial charge in [0.25, 0.3) is 5.92 Å². The van der Waals surface area contributed by atoms with Crippen LogP contribution in [0.2, 0.25) is 0 Å². The lowest BCUT2D eigenvalue weighted by molar-refractivity contribution is -0.116. The molecule has 1 heterocycles. The number of fused-ring (bicyclic) bond motifs is 2. The lowest BCUT2D eigenvalue weighted by atomic mass is 9.79. The number of ether oxygens (including phenoxy) is 2. The number of aliphatic imine (C=N–C) groups is 1. The molecule has 2 aliphatic carbocycles. The van der Waals surface area contributed by atoms with Crippen LogP contribution in [0.25, 0.3) is 5.70 Å². The monoisotopic (exact) mass is 623 g/mol. The normalized spacial score (nSPS) is 20.4. The zero-order valence-electron chi connectivity index (χ0n) is 25.6. The molecular weight excluding hydrogens is 583 g/mol. The van der Waals surface area contributed by atoms with Gasteiger partial charge in [0.15, 0.2) is 6.23 Å². The van der Waals surface area contributed by atoms with Crippen LogP contribution in [0.5, 0.6) is 5.75 Å². The molecule has 0 amide bonds. The summed E-state index contributed by atoms with van der Waals surface area (Å²) in [6.07, 6.45) is 6.21. The summed E-state index contributed by atoms with van der Waals surface area (Å²) in [6, 6.07) is 12.1. The molecule has 0 saturated heterocycles. The van der Waals surface area contributed by atoms with E-state index >= 15 is 0 Å². The van der Waals surface area contributed by atoms with Crippen LogP contribution in [-0.4, -0.2) is 48.6 Å². The van der Waals surface area contributed by atoms with Gasteiger partial charge in [-0.15, -0.1) is 0 Å². The molecule has 240 valence electrons. The fourth-order valence-corrected chi connectivity index (χ4v) is 6.18. The Morgan fingerprint density at radius 1 is 1.18 bits per heavy atom. The third kappa shape index (κ3) is 7.89. The van der Waals surface area contributed by atoms with Crippen LogP contribution in [0.1, 0.15) is 68.1 Å². The van der Waals surface area contributed by atoms with Gasteiger partial charge in [-0.2, -0.15) is 0 Å². The number of hydrogen-bond acceptors (Lipinski definition) is 7. The molecule has 3 aliphatic rings. The summed E-state index contributed by atoms with van der Waals surface area (Å²) in [6.45, 7) is 0.427. The summed E-state index contributed by atoms with van der Waals surface area (Å²) < 4.78 is 52.0. The van der Waals surface area contributed by atoms with Crippen molar-refractivity contribution in [3.63, 3.8) is 0 Å². The third-order valence-electron chi connectivity index (χ3n) is 8.46. The van der Waals surface area contributed by atoms with Crippen molar-refractivity contribution in [2.75, 3.05) is 20.5 Å². The summed E-state index contributed by atoms with van der Waals surface area (Å²) in [4.78, 5) is 4.82. The van der Waals surface area contributed by atoms with Gasteiger partial charge in [-0.1, -0.05) is 18.7 Å². The van der Waals surface area contributed by atoms with Crippen molar-refractivity contribution >= 4 is 11.4 Å². The van der Waals surface area contributed by atoms with Crippen LogP contribution >= 0.6 is 0 Å². The van der Waals surface area contributed by atoms with E-state index in [1.54, 1.807) is 25.3 Å². The van der Waals surface area contributed by atoms with Gasteiger partial charge in [0.2, 0.25) is 0 Å². The Labute approximate surface area is 261 Å². The first-order valence-corrected chi connectivity index (χ1v) is 15.4. The van der Waals surface area contributed by atoms with Gasteiger partial charge in [0.05, 0.1) is 24.4 Å². The molecule has 0 saturated carbocycles. The van der Waals surface area contributed by atoms with E-state index < -0.39 is 37.9 Å². The number of allylic oxidation sites excluding steroid dienone is 1. The average Bonchev–Trinajstić information content (AvgIpc) is 3.05. The van der Waals surface area contributed by atoms with E-state index in [1.165, 1.54) is 23.3 Å². The summed E-state index contributed by atoms with van der Waals surface area (Å²) in [5, 5.41) is 26.7. The van der Waals surface area contributed by atoms with Crippen LogP contribution in [0.4, 0.5) is 13.2 Å². The van der Waals surface area contributed by atoms with Gasteiger partial charge in [-0.3, -0.25) is 4.99 Å². The van der Waals surface area contributed by atoms with Gasteiger partial charge in [-0.25, -0.2) is 13.2 Å². The number of nitrogens with zero attached hydrogens (tertiary/aromatic N) is 1. The number of hydrogen-bond donors (Lipinski definition) is 4. The molecule has 4 N–H and O–H groups in total. The lowest BCUT2D eigenvalue weighted by Gasteiger charge is -2.31. The topological polar surface area (TPSA) is 95.3 Å². The highest BCUT2D eigenvalue weighted by atomic mass is 19.3. The van der Waals surface area contributed by atoms with Crippen LogP contribution in [0.15, 0.2) is 82.4 Å². The molecule has 3 unspecified atom stereocenters. The Balaban J connectivity index is 1.36. The zero-order valence-corrected chi connectivity index (χ0v) is 25.6. The number of alkyl halides is 2. The zero-order chi connectivity index (χ0) is 32.0. The smallest absolute Gasteiger partial charge is 0.271 e. The molecule has 0 bridgehead atoms. The average molecular weight is 624 g/mol. The Kier molecular flexibility index (Phi) is 10.5. The van der Waals surface area contributed by atoms with Gasteiger partial charge in [-0.05, 0) is 104 Å². The van der Waals surface area contributed by atoms with Crippen molar-refractivity contribution in [2.45, 2.75) is 69.9 Å². The number of rotatable bonds is 13. The minimum atomic E-state index is -3.09. The van der Waals surface area contributed by atoms with Crippen molar-refractivity contribution in [2.24, 2.45) is 10.9 Å². The first-order chi connectivity index (χ1) is 21.7. The van der Waals surface area contributed by atoms with Crippen LogP contribution in [0.3, 0.4) is 0 Å². The molecule has 7 nitrogen and oxygen atoms in total. The van der Waals surface area contributed by atoms with Crippen molar-refractivity contribution in [3.8, 4) is 5.75 Å². The Bertz CT molecular complexity index is 1530. The molecule has 2 aromatic carbocycles. The van der Waals surface area contributed by atoms with E-state index in [-0.39, 0.29) is 24.6 Å². The Morgan fingerprint density at radius 3 is 2.71 bits per heavy atom. The molecule has 45 heavy (non-hydrogen) atoms. The number of nitrogens with one attached hydrogen (secondary N) is 2.